The molecule has 0 aliphatic heterocycles. The molecule has 0 heterocycles. The van der Waals surface area contributed by atoms with Crippen LogP contribution < -0.4 is 0 Å². The van der Waals surface area contributed by atoms with Gasteiger partial charge in [-0.25, -0.2) is 0 Å². The molecule has 1 atom stereocenters. The van der Waals surface area contributed by atoms with Crippen LogP contribution in [0, 0.1) is 11.3 Å². The molecule has 0 aliphatic carbocycles. The fraction of sp³-hybridized carbons (Fsp3) is 0.467. The van der Waals surface area contributed by atoms with E-state index in [4.69, 9.17) is 4.74 Å². The van der Waals surface area contributed by atoms with E-state index in [2.05, 4.69) is 0 Å². The summed E-state index contributed by atoms with van der Waals surface area (Å²) in [6.45, 7) is 2.47. The summed E-state index contributed by atoms with van der Waals surface area (Å²) in [4.78, 5) is 22.5. The molecular formula is C15H17F3O3. The number of aldehydes is 1. The minimum Gasteiger partial charge on any atom is -0.460 e. The first-order chi connectivity index (χ1) is 9.65. The Balaban J connectivity index is 2.75. The van der Waals surface area contributed by atoms with Crippen molar-refractivity contribution in [2.45, 2.75) is 33.1 Å². The summed E-state index contributed by atoms with van der Waals surface area (Å²) >= 11 is 0. The Labute approximate surface area is 121 Å². The van der Waals surface area contributed by atoms with Crippen LogP contribution in [0.2, 0.25) is 0 Å². The van der Waals surface area contributed by atoms with Crippen molar-refractivity contribution in [1.82, 2.24) is 0 Å². The largest absolute Gasteiger partial charge is 0.460 e. The third-order valence-electron chi connectivity index (χ3n) is 2.95. The van der Waals surface area contributed by atoms with E-state index in [0.29, 0.717) is 11.8 Å². The normalized spacial score (nSPS) is 13.6. The Morgan fingerprint density at radius 2 is 1.81 bits per heavy atom. The zero-order valence-electron chi connectivity index (χ0n) is 11.8. The van der Waals surface area contributed by atoms with Crippen molar-refractivity contribution in [2.24, 2.45) is 11.3 Å². The van der Waals surface area contributed by atoms with E-state index in [1.807, 2.05) is 0 Å². The van der Waals surface area contributed by atoms with Crippen LogP contribution in [0.3, 0.4) is 0 Å². The highest BCUT2D eigenvalue weighted by molar-refractivity contribution is 5.74. The van der Waals surface area contributed by atoms with Crippen molar-refractivity contribution in [3.8, 4) is 0 Å². The van der Waals surface area contributed by atoms with Crippen LogP contribution in [0.4, 0.5) is 13.2 Å². The van der Waals surface area contributed by atoms with Crippen molar-refractivity contribution in [1.29, 1.82) is 0 Å². The second-order valence-electron chi connectivity index (χ2n) is 5.50. The second-order valence-corrected chi connectivity index (χ2v) is 5.50. The highest BCUT2D eigenvalue weighted by atomic mass is 19.4. The van der Waals surface area contributed by atoms with Gasteiger partial charge in [0.1, 0.15) is 12.9 Å². The lowest BCUT2D eigenvalue weighted by Crippen LogP contribution is -2.36. The van der Waals surface area contributed by atoms with Gasteiger partial charge in [-0.1, -0.05) is 44.2 Å². The summed E-state index contributed by atoms with van der Waals surface area (Å²) in [6.07, 6.45) is -4.96. The van der Waals surface area contributed by atoms with Crippen LogP contribution in [-0.2, 0) is 20.9 Å². The van der Waals surface area contributed by atoms with Gasteiger partial charge in [0.25, 0.3) is 0 Å². The molecule has 0 bridgehead atoms. The molecular weight excluding hydrogens is 285 g/mol. The summed E-state index contributed by atoms with van der Waals surface area (Å²) in [7, 11) is 0. The van der Waals surface area contributed by atoms with Gasteiger partial charge in [0, 0.05) is 5.41 Å². The topological polar surface area (TPSA) is 43.4 Å². The van der Waals surface area contributed by atoms with E-state index in [0.717, 1.165) is 0 Å². The molecule has 0 aliphatic rings. The monoisotopic (exact) mass is 302 g/mol. The molecule has 116 valence electrons. The molecule has 3 nitrogen and oxygen atoms in total. The summed E-state index contributed by atoms with van der Waals surface area (Å²) in [5.74, 6) is -3.66. The highest BCUT2D eigenvalue weighted by Crippen LogP contribution is 2.36. The van der Waals surface area contributed by atoms with Gasteiger partial charge < -0.3 is 9.53 Å². The molecule has 1 aromatic carbocycles. The van der Waals surface area contributed by atoms with Crippen LogP contribution >= 0.6 is 0 Å². The van der Waals surface area contributed by atoms with E-state index in [-0.39, 0.29) is 6.61 Å². The Kier molecular flexibility index (Phi) is 5.52. The van der Waals surface area contributed by atoms with Gasteiger partial charge in [-0.3, -0.25) is 4.79 Å². The lowest BCUT2D eigenvalue weighted by Gasteiger charge is -2.25. The fourth-order valence-corrected chi connectivity index (χ4v) is 1.74. The fourth-order valence-electron chi connectivity index (χ4n) is 1.74. The average molecular weight is 302 g/mol. The van der Waals surface area contributed by atoms with E-state index < -0.39 is 29.9 Å². The first-order valence-electron chi connectivity index (χ1n) is 6.39. The minimum atomic E-state index is -4.74. The number of esters is 1. The van der Waals surface area contributed by atoms with Gasteiger partial charge in [0.05, 0.1) is 0 Å². The molecule has 1 rings (SSSR count). The Hall–Kier alpha value is -1.85. The van der Waals surface area contributed by atoms with E-state index in [1.54, 1.807) is 30.3 Å². The number of alkyl halides is 3. The van der Waals surface area contributed by atoms with E-state index >= 15 is 0 Å². The molecule has 0 spiro atoms. The lowest BCUT2D eigenvalue weighted by molar-refractivity contribution is -0.203. The minimum absolute atomic E-state index is 0.228. The van der Waals surface area contributed by atoms with Gasteiger partial charge in [-0.2, -0.15) is 13.2 Å². The highest BCUT2D eigenvalue weighted by Gasteiger charge is 2.48. The number of benzene rings is 1. The molecule has 0 saturated carbocycles. The predicted molar refractivity (Wildman–Crippen MR) is 70.2 cm³/mol. The predicted octanol–water partition coefficient (Wildman–Crippen LogP) is 3.52. The molecule has 0 amide bonds. The number of hydrogen-bond acceptors (Lipinski definition) is 3. The maximum absolute atomic E-state index is 12.9. The summed E-state index contributed by atoms with van der Waals surface area (Å²) in [5, 5.41) is 0. The van der Waals surface area contributed by atoms with Crippen molar-refractivity contribution in [3.05, 3.63) is 35.9 Å². The zero-order valence-corrected chi connectivity index (χ0v) is 11.8. The Morgan fingerprint density at radius 1 is 1.24 bits per heavy atom. The van der Waals surface area contributed by atoms with Crippen molar-refractivity contribution < 1.29 is 27.5 Å². The van der Waals surface area contributed by atoms with Crippen molar-refractivity contribution in [2.75, 3.05) is 0 Å². The summed E-state index contributed by atoms with van der Waals surface area (Å²) < 4.78 is 43.6. The number of halogens is 3. The molecule has 0 N–H and O–H groups in total. The maximum Gasteiger partial charge on any atom is 0.402 e. The van der Waals surface area contributed by atoms with Gasteiger partial charge in [0.2, 0.25) is 0 Å². The van der Waals surface area contributed by atoms with Crippen molar-refractivity contribution >= 4 is 12.3 Å². The summed E-state index contributed by atoms with van der Waals surface area (Å²) in [5.41, 5.74) is -0.646. The SMILES string of the molecule is CC(C)(C=O)CC(C(=O)OCc1ccccc1)C(F)(F)F. The van der Waals surface area contributed by atoms with E-state index in [9.17, 15) is 22.8 Å². The zero-order chi connectivity index (χ0) is 16.1. The number of carbonyl (C=O) groups excluding carboxylic acids is 2. The molecule has 1 aromatic rings. The smallest absolute Gasteiger partial charge is 0.402 e. The number of hydrogen-bond donors (Lipinski definition) is 0. The number of rotatable bonds is 6. The molecule has 0 aromatic heterocycles. The molecule has 0 radical (unpaired) electrons. The molecule has 0 fully saturated rings. The standard InChI is InChI=1S/C15H17F3O3/c1-14(2,10-19)8-12(15(16,17)18)13(20)21-9-11-6-4-3-5-7-11/h3-7,10,12H,8-9H2,1-2H3. The van der Waals surface area contributed by atoms with Gasteiger partial charge in [0.15, 0.2) is 5.92 Å². The van der Waals surface area contributed by atoms with Gasteiger partial charge in [-0.15, -0.1) is 0 Å². The third-order valence-corrected chi connectivity index (χ3v) is 2.95. The van der Waals surface area contributed by atoms with Crippen LogP contribution in [0.5, 0.6) is 0 Å². The maximum atomic E-state index is 12.9. The third kappa shape index (κ3) is 5.57. The number of ether oxygens (including phenoxy) is 1. The first-order valence-corrected chi connectivity index (χ1v) is 6.39. The molecule has 1 unspecified atom stereocenters. The second kappa shape index (κ2) is 6.74. The van der Waals surface area contributed by atoms with Gasteiger partial charge in [-0.05, 0) is 12.0 Å². The molecule has 21 heavy (non-hydrogen) atoms. The Morgan fingerprint density at radius 3 is 2.29 bits per heavy atom. The number of carbonyl (C=O) groups is 2. The first kappa shape index (κ1) is 17.2. The van der Waals surface area contributed by atoms with Crippen LogP contribution in [-0.4, -0.2) is 18.4 Å². The Bertz CT molecular complexity index is 481. The quantitative estimate of drug-likeness (QED) is 0.596. The van der Waals surface area contributed by atoms with Crippen LogP contribution in [0.1, 0.15) is 25.8 Å². The van der Waals surface area contributed by atoms with Gasteiger partial charge >= 0.3 is 12.1 Å². The average Bonchev–Trinajstić information content (AvgIpc) is 2.42. The van der Waals surface area contributed by atoms with Crippen LogP contribution in [0.15, 0.2) is 30.3 Å². The van der Waals surface area contributed by atoms with Crippen molar-refractivity contribution in [3.63, 3.8) is 0 Å². The summed E-state index contributed by atoms with van der Waals surface area (Å²) in [6, 6.07) is 8.42. The molecule has 0 saturated heterocycles. The lowest BCUT2D eigenvalue weighted by atomic mass is 9.84. The van der Waals surface area contributed by atoms with E-state index in [1.165, 1.54) is 13.8 Å². The van der Waals surface area contributed by atoms with Crippen LogP contribution in [0.25, 0.3) is 0 Å². The molecule has 6 heteroatoms.